The second-order valence-electron chi connectivity index (χ2n) is 6.07. The Kier molecular flexibility index (Phi) is 6.01. The summed E-state index contributed by atoms with van der Waals surface area (Å²) in [5, 5.41) is 6.71. The molecule has 28 heavy (non-hydrogen) atoms. The van der Waals surface area contributed by atoms with Crippen molar-refractivity contribution in [3.63, 3.8) is 0 Å². The number of amides is 1. The molecule has 2 aromatic carbocycles. The summed E-state index contributed by atoms with van der Waals surface area (Å²) in [6.07, 6.45) is 3.14. The Morgan fingerprint density at radius 2 is 1.82 bits per heavy atom. The lowest BCUT2D eigenvalue weighted by Crippen LogP contribution is -2.13. The van der Waals surface area contributed by atoms with Crippen LogP contribution in [0, 0.1) is 6.92 Å². The van der Waals surface area contributed by atoms with Gasteiger partial charge in [-0.15, -0.1) is 0 Å². The molecule has 0 saturated heterocycles. The maximum Gasteiger partial charge on any atom is 0.257 e. The van der Waals surface area contributed by atoms with Crippen molar-refractivity contribution in [1.29, 1.82) is 0 Å². The van der Waals surface area contributed by atoms with E-state index in [0.717, 1.165) is 5.56 Å². The average molecular weight is 398 g/mol. The summed E-state index contributed by atoms with van der Waals surface area (Å²) in [5.41, 5.74) is 3.34. The molecule has 0 unspecified atom stereocenters. The minimum absolute atomic E-state index is 0.265. The van der Waals surface area contributed by atoms with Gasteiger partial charge in [0.1, 0.15) is 11.5 Å². The van der Waals surface area contributed by atoms with Crippen LogP contribution in [0.5, 0.6) is 11.5 Å². The summed E-state index contributed by atoms with van der Waals surface area (Å²) in [6.45, 7) is 1.88. The van der Waals surface area contributed by atoms with Crippen LogP contribution in [-0.4, -0.2) is 25.1 Å². The Bertz CT molecular complexity index is 1010. The highest BCUT2D eigenvalue weighted by atomic mass is 35.5. The third-order valence-electron chi connectivity index (χ3n) is 4.12. The molecule has 0 atom stereocenters. The topological polar surface area (TPSA) is 72.5 Å². The van der Waals surface area contributed by atoms with Crippen LogP contribution in [0.3, 0.4) is 0 Å². The first kappa shape index (κ1) is 19.5. The highest BCUT2D eigenvalue weighted by Gasteiger charge is 2.11. The molecule has 1 aromatic heterocycles. The number of pyridine rings is 1. The number of methoxy groups -OCH3 is 2. The molecule has 0 aliphatic heterocycles. The first-order valence-electron chi connectivity index (χ1n) is 8.52. The van der Waals surface area contributed by atoms with Crippen LogP contribution in [0.4, 0.5) is 17.1 Å². The zero-order valence-corrected chi connectivity index (χ0v) is 16.5. The normalized spacial score (nSPS) is 10.3. The molecule has 0 bridgehead atoms. The van der Waals surface area contributed by atoms with Crippen LogP contribution >= 0.6 is 11.6 Å². The van der Waals surface area contributed by atoms with Gasteiger partial charge >= 0.3 is 0 Å². The van der Waals surface area contributed by atoms with Gasteiger partial charge in [-0.25, -0.2) is 0 Å². The van der Waals surface area contributed by atoms with Crippen molar-refractivity contribution in [3.8, 4) is 11.5 Å². The first-order valence-corrected chi connectivity index (χ1v) is 8.89. The number of ether oxygens (including phenoxy) is 2. The van der Waals surface area contributed by atoms with Gasteiger partial charge < -0.3 is 20.1 Å². The molecule has 2 N–H and O–H groups in total. The molecule has 1 amide bonds. The zero-order chi connectivity index (χ0) is 20.1. The van der Waals surface area contributed by atoms with Crippen molar-refractivity contribution in [3.05, 3.63) is 71.0 Å². The summed E-state index contributed by atoms with van der Waals surface area (Å²) in [7, 11) is 3.18. The number of carbonyl (C=O) groups is 1. The molecular weight excluding hydrogens is 378 g/mol. The third kappa shape index (κ3) is 4.53. The number of rotatable bonds is 6. The average Bonchev–Trinajstić information content (AvgIpc) is 2.70. The minimum Gasteiger partial charge on any atom is -0.497 e. The number of aryl methyl sites for hydroxylation is 1. The van der Waals surface area contributed by atoms with Gasteiger partial charge in [0.15, 0.2) is 0 Å². The summed E-state index contributed by atoms with van der Waals surface area (Å²) >= 11 is 5.96. The molecule has 3 aromatic rings. The number of nitrogens with one attached hydrogen (secondary N) is 2. The number of benzene rings is 2. The van der Waals surface area contributed by atoms with Crippen molar-refractivity contribution < 1.29 is 14.3 Å². The number of aromatic nitrogens is 1. The molecule has 3 rings (SSSR count). The Morgan fingerprint density at radius 1 is 1.00 bits per heavy atom. The van der Waals surface area contributed by atoms with Crippen molar-refractivity contribution >= 4 is 34.6 Å². The summed E-state index contributed by atoms with van der Waals surface area (Å²) in [6, 6.07) is 12.4. The van der Waals surface area contributed by atoms with Gasteiger partial charge in [-0.05, 0) is 48.9 Å². The van der Waals surface area contributed by atoms with Gasteiger partial charge in [-0.2, -0.15) is 0 Å². The highest BCUT2D eigenvalue weighted by molar-refractivity contribution is 6.30. The van der Waals surface area contributed by atoms with E-state index in [1.165, 1.54) is 6.20 Å². The molecule has 0 aliphatic rings. The number of hydrogen-bond acceptors (Lipinski definition) is 5. The van der Waals surface area contributed by atoms with E-state index in [2.05, 4.69) is 15.6 Å². The van der Waals surface area contributed by atoms with E-state index in [-0.39, 0.29) is 5.91 Å². The lowest BCUT2D eigenvalue weighted by Gasteiger charge is -2.13. The molecule has 0 spiro atoms. The number of hydrogen-bond donors (Lipinski definition) is 2. The lowest BCUT2D eigenvalue weighted by atomic mass is 10.2. The predicted molar refractivity (Wildman–Crippen MR) is 111 cm³/mol. The quantitative estimate of drug-likeness (QED) is 0.608. The smallest absolute Gasteiger partial charge is 0.257 e. The number of nitrogens with zero attached hydrogens (tertiary/aromatic N) is 1. The third-order valence-corrected chi connectivity index (χ3v) is 4.36. The van der Waals surface area contributed by atoms with Gasteiger partial charge in [-0.1, -0.05) is 11.6 Å². The van der Waals surface area contributed by atoms with E-state index in [9.17, 15) is 4.79 Å². The first-order chi connectivity index (χ1) is 13.5. The maximum absolute atomic E-state index is 12.6. The molecule has 144 valence electrons. The fourth-order valence-electron chi connectivity index (χ4n) is 2.66. The summed E-state index contributed by atoms with van der Waals surface area (Å²) in [5.74, 6) is 1.06. The van der Waals surface area contributed by atoms with Gasteiger partial charge in [0.05, 0.1) is 37.4 Å². The van der Waals surface area contributed by atoms with E-state index in [1.54, 1.807) is 56.8 Å². The van der Waals surface area contributed by atoms with Gasteiger partial charge in [-0.3, -0.25) is 9.78 Å². The molecule has 0 radical (unpaired) electrons. The highest BCUT2D eigenvalue weighted by Crippen LogP contribution is 2.31. The van der Waals surface area contributed by atoms with Crippen LogP contribution < -0.4 is 20.1 Å². The van der Waals surface area contributed by atoms with Gasteiger partial charge in [0.25, 0.3) is 5.91 Å². The Morgan fingerprint density at radius 3 is 2.54 bits per heavy atom. The molecular formula is C21H20ClN3O3. The standard InChI is InChI=1S/C21H20ClN3O3/c1-13-8-15(22)4-6-18(13)25-21(26)14-9-16(12-23-11-14)24-19-10-17(27-2)5-7-20(19)28-3/h4-12,24H,1-3H3,(H,25,26). The van der Waals surface area contributed by atoms with Crippen LogP contribution in [0.1, 0.15) is 15.9 Å². The molecule has 1 heterocycles. The fraction of sp³-hybridized carbons (Fsp3) is 0.143. The van der Waals surface area contributed by atoms with Crippen LogP contribution in [-0.2, 0) is 0 Å². The van der Waals surface area contributed by atoms with Crippen molar-refractivity contribution in [2.45, 2.75) is 6.92 Å². The van der Waals surface area contributed by atoms with Gasteiger partial charge in [0, 0.05) is 23.0 Å². The SMILES string of the molecule is COc1ccc(OC)c(Nc2cncc(C(=O)Nc3ccc(Cl)cc3C)c2)c1. The lowest BCUT2D eigenvalue weighted by molar-refractivity contribution is 0.102. The van der Waals surface area contributed by atoms with E-state index < -0.39 is 0 Å². The van der Waals surface area contributed by atoms with E-state index in [0.29, 0.717) is 39.1 Å². The van der Waals surface area contributed by atoms with Crippen LogP contribution in [0.15, 0.2) is 54.9 Å². The van der Waals surface area contributed by atoms with Gasteiger partial charge in [0.2, 0.25) is 0 Å². The van der Waals surface area contributed by atoms with E-state index in [4.69, 9.17) is 21.1 Å². The predicted octanol–water partition coefficient (Wildman–Crippen LogP) is 5.06. The van der Waals surface area contributed by atoms with Crippen molar-refractivity contribution in [2.75, 3.05) is 24.9 Å². The molecule has 0 fully saturated rings. The number of anilines is 3. The monoisotopic (exact) mass is 397 g/mol. The van der Waals surface area contributed by atoms with E-state index >= 15 is 0 Å². The Balaban J connectivity index is 1.81. The van der Waals surface area contributed by atoms with Crippen molar-refractivity contribution in [2.24, 2.45) is 0 Å². The molecule has 7 heteroatoms. The van der Waals surface area contributed by atoms with Crippen molar-refractivity contribution in [1.82, 2.24) is 4.98 Å². The Labute approximate surface area is 168 Å². The maximum atomic E-state index is 12.6. The molecule has 6 nitrogen and oxygen atoms in total. The molecule has 0 aliphatic carbocycles. The second-order valence-corrected chi connectivity index (χ2v) is 6.50. The van der Waals surface area contributed by atoms with E-state index in [1.807, 2.05) is 13.0 Å². The zero-order valence-electron chi connectivity index (χ0n) is 15.7. The largest absolute Gasteiger partial charge is 0.497 e. The summed E-state index contributed by atoms with van der Waals surface area (Å²) in [4.78, 5) is 16.8. The van der Waals surface area contributed by atoms with Crippen LogP contribution in [0.25, 0.3) is 0 Å². The minimum atomic E-state index is -0.265. The fourth-order valence-corrected chi connectivity index (χ4v) is 2.89. The molecule has 0 saturated carbocycles. The second kappa shape index (κ2) is 8.63. The number of carbonyl (C=O) groups excluding carboxylic acids is 1. The van der Waals surface area contributed by atoms with Crippen LogP contribution in [0.2, 0.25) is 5.02 Å². The Hall–Kier alpha value is -3.25. The summed E-state index contributed by atoms with van der Waals surface area (Å²) < 4.78 is 10.6. The number of halogens is 1.